The highest BCUT2D eigenvalue weighted by atomic mass is 35.5. The average Bonchev–Trinajstić information content (AvgIpc) is 3.16. The Labute approximate surface area is 172 Å². The summed E-state index contributed by atoms with van der Waals surface area (Å²) in [6.45, 7) is 0. The lowest BCUT2D eigenvalue weighted by Gasteiger charge is -2.06. The number of anilines is 1. The second-order valence-electron chi connectivity index (χ2n) is 5.74. The molecule has 3 aromatic rings. The first-order valence-corrected chi connectivity index (χ1v) is 10.9. The van der Waals surface area contributed by atoms with E-state index in [2.05, 4.69) is 10.0 Å². The van der Waals surface area contributed by atoms with E-state index in [1.807, 2.05) is 36.4 Å². The molecule has 0 unspecified atom stereocenters. The molecule has 0 aliphatic heterocycles. The zero-order chi connectivity index (χ0) is 20.1. The molecule has 0 saturated heterocycles. The van der Waals surface area contributed by atoms with Crippen LogP contribution in [0.25, 0.3) is 16.5 Å². The summed E-state index contributed by atoms with van der Waals surface area (Å²) in [6, 6.07) is 17.5. The summed E-state index contributed by atoms with van der Waals surface area (Å²) in [7, 11) is -2.23. The molecular formula is C20H17ClN2O3S2. The number of hydrogen-bond acceptors (Lipinski definition) is 4. The third-order valence-electron chi connectivity index (χ3n) is 3.85. The number of thiophene rings is 1. The van der Waals surface area contributed by atoms with Gasteiger partial charge < -0.3 is 5.32 Å². The molecule has 8 heteroatoms. The molecule has 0 bridgehead atoms. The van der Waals surface area contributed by atoms with Gasteiger partial charge in [-0.25, -0.2) is 13.1 Å². The number of amides is 1. The van der Waals surface area contributed by atoms with Gasteiger partial charge in [-0.05, 0) is 49.5 Å². The molecule has 0 radical (unpaired) electrons. The van der Waals surface area contributed by atoms with Gasteiger partial charge in [0.1, 0.15) is 0 Å². The third kappa shape index (κ3) is 4.88. The highest BCUT2D eigenvalue weighted by Crippen LogP contribution is 2.33. The first-order chi connectivity index (χ1) is 13.4. The van der Waals surface area contributed by atoms with E-state index >= 15 is 0 Å². The fraction of sp³-hybridized carbons (Fsp3) is 0.0500. The molecule has 3 rings (SSSR count). The predicted molar refractivity (Wildman–Crippen MR) is 115 cm³/mol. The summed E-state index contributed by atoms with van der Waals surface area (Å²) in [5, 5.41) is 3.34. The lowest BCUT2D eigenvalue weighted by molar-refractivity contribution is -0.111. The fourth-order valence-electron chi connectivity index (χ4n) is 2.45. The maximum absolute atomic E-state index is 12.2. The largest absolute Gasteiger partial charge is 0.322 e. The molecule has 144 valence electrons. The Morgan fingerprint density at radius 3 is 2.61 bits per heavy atom. The van der Waals surface area contributed by atoms with Crippen LogP contribution < -0.4 is 10.0 Å². The Morgan fingerprint density at radius 1 is 1.07 bits per heavy atom. The number of sulfonamides is 1. The minimum atomic E-state index is -3.57. The zero-order valence-corrected chi connectivity index (χ0v) is 17.2. The van der Waals surface area contributed by atoms with Crippen molar-refractivity contribution in [1.29, 1.82) is 0 Å². The Morgan fingerprint density at radius 2 is 1.86 bits per heavy atom. The monoisotopic (exact) mass is 432 g/mol. The summed E-state index contributed by atoms with van der Waals surface area (Å²) in [5.41, 5.74) is 1.34. The predicted octanol–water partition coefficient (Wildman–Crippen LogP) is 4.63. The SMILES string of the molecule is CNS(=O)(=O)c1cccc(NC(=O)/C=C/c2ccc(-c3ccccc3Cl)s2)c1. The molecular weight excluding hydrogens is 416 g/mol. The number of hydrogen-bond donors (Lipinski definition) is 2. The van der Waals surface area contributed by atoms with Crippen LogP contribution in [0.2, 0.25) is 5.02 Å². The highest BCUT2D eigenvalue weighted by molar-refractivity contribution is 7.89. The molecule has 1 heterocycles. The van der Waals surface area contributed by atoms with E-state index in [0.717, 1.165) is 15.3 Å². The second kappa shape index (κ2) is 8.70. The smallest absolute Gasteiger partial charge is 0.248 e. The van der Waals surface area contributed by atoms with Gasteiger partial charge in [0.15, 0.2) is 0 Å². The van der Waals surface area contributed by atoms with E-state index in [1.54, 1.807) is 18.2 Å². The van der Waals surface area contributed by atoms with Crippen molar-refractivity contribution in [3.05, 3.63) is 76.6 Å². The lowest BCUT2D eigenvalue weighted by atomic mass is 10.2. The van der Waals surface area contributed by atoms with Crippen molar-refractivity contribution >= 4 is 50.6 Å². The van der Waals surface area contributed by atoms with Crippen LogP contribution in [-0.4, -0.2) is 21.4 Å². The Balaban J connectivity index is 1.70. The molecule has 2 aromatic carbocycles. The van der Waals surface area contributed by atoms with Crippen molar-refractivity contribution in [2.45, 2.75) is 4.90 Å². The number of halogens is 1. The Bertz CT molecular complexity index is 1140. The fourth-order valence-corrected chi connectivity index (χ4v) is 4.47. The average molecular weight is 433 g/mol. The molecule has 0 fully saturated rings. The summed E-state index contributed by atoms with van der Waals surface area (Å²) in [5.74, 6) is -0.355. The van der Waals surface area contributed by atoms with E-state index in [-0.39, 0.29) is 10.8 Å². The zero-order valence-electron chi connectivity index (χ0n) is 14.8. The van der Waals surface area contributed by atoms with Gasteiger partial charge in [-0.15, -0.1) is 11.3 Å². The topological polar surface area (TPSA) is 75.3 Å². The van der Waals surface area contributed by atoms with Gasteiger partial charge in [0.25, 0.3) is 0 Å². The van der Waals surface area contributed by atoms with E-state index in [0.29, 0.717) is 10.7 Å². The standard InChI is InChI=1S/C20H17ClN2O3S2/c1-22-28(25,26)16-6-4-5-14(13-16)23-20(24)12-10-15-9-11-19(27-15)17-7-2-3-8-18(17)21/h2-13,22H,1H3,(H,23,24)/b12-10+. The molecule has 0 spiro atoms. The van der Waals surface area contributed by atoms with Crippen LogP contribution in [0, 0.1) is 0 Å². The van der Waals surface area contributed by atoms with E-state index < -0.39 is 10.0 Å². The molecule has 2 N–H and O–H groups in total. The van der Waals surface area contributed by atoms with E-state index in [1.165, 1.54) is 36.6 Å². The Hall–Kier alpha value is -2.45. The summed E-state index contributed by atoms with van der Waals surface area (Å²) in [6.07, 6.45) is 3.11. The number of rotatable bonds is 6. The second-order valence-corrected chi connectivity index (χ2v) is 9.15. The van der Waals surface area contributed by atoms with Crippen molar-refractivity contribution in [3.63, 3.8) is 0 Å². The van der Waals surface area contributed by atoms with Crippen molar-refractivity contribution in [2.75, 3.05) is 12.4 Å². The van der Waals surface area contributed by atoms with Gasteiger partial charge in [-0.2, -0.15) is 0 Å². The van der Waals surface area contributed by atoms with Gasteiger partial charge >= 0.3 is 0 Å². The van der Waals surface area contributed by atoms with E-state index in [4.69, 9.17) is 11.6 Å². The van der Waals surface area contributed by atoms with Gasteiger partial charge in [-0.1, -0.05) is 35.9 Å². The summed E-state index contributed by atoms with van der Waals surface area (Å²) in [4.78, 5) is 14.2. The quantitative estimate of drug-likeness (QED) is 0.557. The maximum atomic E-state index is 12.2. The van der Waals surface area contributed by atoms with Gasteiger partial charge in [0.2, 0.25) is 15.9 Å². The first kappa shape index (κ1) is 20.3. The van der Waals surface area contributed by atoms with Crippen LogP contribution in [0.3, 0.4) is 0 Å². The van der Waals surface area contributed by atoms with Crippen molar-refractivity contribution < 1.29 is 13.2 Å². The summed E-state index contributed by atoms with van der Waals surface area (Å²) < 4.78 is 25.9. The normalized spacial score (nSPS) is 11.6. The molecule has 0 saturated carbocycles. The van der Waals surface area contributed by atoms with Gasteiger partial charge in [0.05, 0.1) is 4.90 Å². The maximum Gasteiger partial charge on any atom is 0.248 e. The van der Waals surface area contributed by atoms with Gasteiger partial charge in [-0.3, -0.25) is 4.79 Å². The van der Waals surface area contributed by atoms with Crippen LogP contribution in [-0.2, 0) is 14.8 Å². The van der Waals surface area contributed by atoms with Crippen LogP contribution in [0.4, 0.5) is 5.69 Å². The van der Waals surface area contributed by atoms with Crippen LogP contribution in [0.15, 0.2) is 71.6 Å². The molecule has 0 aliphatic carbocycles. The molecule has 28 heavy (non-hydrogen) atoms. The third-order valence-corrected chi connectivity index (χ3v) is 6.67. The summed E-state index contributed by atoms with van der Waals surface area (Å²) >= 11 is 7.74. The number of carbonyl (C=O) groups excluding carboxylic acids is 1. The highest BCUT2D eigenvalue weighted by Gasteiger charge is 2.12. The first-order valence-electron chi connectivity index (χ1n) is 8.26. The number of carbonyl (C=O) groups is 1. The van der Waals surface area contributed by atoms with Crippen molar-refractivity contribution in [1.82, 2.24) is 4.72 Å². The molecule has 1 amide bonds. The molecule has 1 aromatic heterocycles. The minimum Gasteiger partial charge on any atom is -0.322 e. The van der Waals surface area contributed by atoms with Crippen molar-refractivity contribution in [2.24, 2.45) is 0 Å². The van der Waals surface area contributed by atoms with Crippen molar-refractivity contribution in [3.8, 4) is 10.4 Å². The van der Waals surface area contributed by atoms with Crippen LogP contribution >= 0.6 is 22.9 Å². The molecule has 0 atom stereocenters. The number of benzene rings is 2. The van der Waals surface area contributed by atoms with E-state index in [9.17, 15) is 13.2 Å². The molecule has 5 nitrogen and oxygen atoms in total. The molecule has 0 aliphatic rings. The van der Waals surface area contributed by atoms with Crippen LogP contribution in [0.1, 0.15) is 4.88 Å². The lowest BCUT2D eigenvalue weighted by Crippen LogP contribution is -2.18. The number of nitrogens with one attached hydrogen (secondary N) is 2. The van der Waals surface area contributed by atoms with Crippen LogP contribution in [0.5, 0.6) is 0 Å². The van der Waals surface area contributed by atoms with Gasteiger partial charge in [0, 0.05) is 32.1 Å². The Kier molecular flexibility index (Phi) is 6.31. The minimum absolute atomic E-state index is 0.0828.